The van der Waals surface area contributed by atoms with E-state index in [0.29, 0.717) is 6.42 Å². The zero-order valence-corrected chi connectivity index (χ0v) is 12.1. The SMILES string of the molecule is Cc1n[nH]c(C)c1CC(=O)NC1CCCC1(C)C(=O)O. The number of hydrogen-bond donors (Lipinski definition) is 3. The molecule has 2 atom stereocenters. The quantitative estimate of drug-likeness (QED) is 0.774. The molecule has 1 aromatic rings. The van der Waals surface area contributed by atoms with E-state index < -0.39 is 11.4 Å². The zero-order valence-electron chi connectivity index (χ0n) is 12.1. The van der Waals surface area contributed by atoms with Gasteiger partial charge in [0.15, 0.2) is 0 Å². The normalized spacial score (nSPS) is 25.6. The fraction of sp³-hybridized carbons (Fsp3) is 0.643. The van der Waals surface area contributed by atoms with Crippen molar-refractivity contribution >= 4 is 11.9 Å². The summed E-state index contributed by atoms with van der Waals surface area (Å²) in [7, 11) is 0. The second-order valence-corrected chi connectivity index (χ2v) is 5.82. The lowest BCUT2D eigenvalue weighted by Gasteiger charge is -2.27. The maximum Gasteiger partial charge on any atom is 0.311 e. The number of hydrogen-bond acceptors (Lipinski definition) is 3. The molecule has 0 spiro atoms. The highest BCUT2D eigenvalue weighted by Gasteiger charge is 2.45. The van der Waals surface area contributed by atoms with Crippen LogP contribution in [0.15, 0.2) is 0 Å². The van der Waals surface area contributed by atoms with Crippen LogP contribution in [0.1, 0.15) is 43.1 Å². The molecule has 0 aliphatic heterocycles. The minimum Gasteiger partial charge on any atom is -0.481 e. The van der Waals surface area contributed by atoms with Gasteiger partial charge in [-0.25, -0.2) is 0 Å². The van der Waals surface area contributed by atoms with Gasteiger partial charge in [-0.3, -0.25) is 14.7 Å². The Labute approximate surface area is 118 Å². The second-order valence-electron chi connectivity index (χ2n) is 5.82. The summed E-state index contributed by atoms with van der Waals surface area (Å²) in [6, 6.07) is -0.292. The third-order valence-corrected chi connectivity index (χ3v) is 4.40. The van der Waals surface area contributed by atoms with E-state index in [1.165, 1.54) is 0 Å². The Bertz CT molecular complexity index is 518. The van der Waals surface area contributed by atoms with Gasteiger partial charge in [-0.1, -0.05) is 6.42 Å². The van der Waals surface area contributed by atoms with Crippen molar-refractivity contribution in [2.24, 2.45) is 5.41 Å². The van der Waals surface area contributed by atoms with E-state index in [9.17, 15) is 14.7 Å². The van der Waals surface area contributed by atoms with Crippen molar-refractivity contribution < 1.29 is 14.7 Å². The molecule has 0 saturated heterocycles. The van der Waals surface area contributed by atoms with Crippen molar-refractivity contribution in [3.05, 3.63) is 17.0 Å². The molecule has 1 aromatic heterocycles. The van der Waals surface area contributed by atoms with Gasteiger partial charge in [0.2, 0.25) is 5.91 Å². The number of aliphatic carboxylic acids is 1. The number of carbonyl (C=O) groups is 2. The van der Waals surface area contributed by atoms with Crippen molar-refractivity contribution in [2.45, 2.75) is 52.5 Å². The number of aryl methyl sites for hydroxylation is 2. The Morgan fingerprint density at radius 2 is 2.20 bits per heavy atom. The van der Waals surface area contributed by atoms with Crippen LogP contribution in [0.25, 0.3) is 0 Å². The maximum atomic E-state index is 12.1. The molecule has 3 N–H and O–H groups in total. The van der Waals surface area contributed by atoms with Crippen molar-refractivity contribution in [3.8, 4) is 0 Å². The van der Waals surface area contributed by atoms with Crippen LogP contribution in [0.3, 0.4) is 0 Å². The van der Waals surface area contributed by atoms with Crippen molar-refractivity contribution in [1.29, 1.82) is 0 Å². The lowest BCUT2D eigenvalue weighted by molar-refractivity contribution is -0.149. The fourth-order valence-corrected chi connectivity index (χ4v) is 2.89. The van der Waals surface area contributed by atoms with Gasteiger partial charge in [0, 0.05) is 17.3 Å². The fourth-order valence-electron chi connectivity index (χ4n) is 2.89. The third kappa shape index (κ3) is 2.55. The van der Waals surface area contributed by atoms with Crippen molar-refractivity contribution in [2.75, 3.05) is 0 Å². The molecule has 1 amide bonds. The molecule has 0 aromatic carbocycles. The van der Waals surface area contributed by atoms with E-state index >= 15 is 0 Å². The molecule has 1 aliphatic carbocycles. The number of carbonyl (C=O) groups excluding carboxylic acids is 1. The summed E-state index contributed by atoms with van der Waals surface area (Å²) >= 11 is 0. The number of carboxylic acid groups (broad SMARTS) is 1. The summed E-state index contributed by atoms with van der Waals surface area (Å²) in [4.78, 5) is 23.5. The van der Waals surface area contributed by atoms with Crippen LogP contribution in [0, 0.1) is 19.3 Å². The standard InChI is InChI=1S/C14H21N3O3/c1-8-10(9(2)17-16-8)7-12(18)15-11-5-4-6-14(11,3)13(19)20/h11H,4-7H2,1-3H3,(H,15,18)(H,16,17)(H,19,20). The molecule has 20 heavy (non-hydrogen) atoms. The van der Waals surface area contributed by atoms with Crippen LogP contribution in [0.5, 0.6) is 0 Å². The molecule has 1 heterocycles. The van der Waals surface area contributed by atoms with E-state index in [-0.39, 0.29) is 18.4 Å². The van der Waals surface area contributed by atoms with Crippen LogP contribution in [-0.2, 0) is 16.0 Å². The largest absolute Gasteiger partial charge is 0.481 e. The number of aromatic amines is 1. The Hall–Kier alpha value is -1.85. The number of rotatable bonds is 4. The summed E-state index contributed by atoms with van der Waals surface area (Å²) in [5, 5.41) is 19.1. The van der Waals surface area contributed by atoms with E-state index in [0.717, 1.165) is 29.8 Å². The van der Waals surface area contributed by atoms with Crippen LogP contribution in [0.2, 0.25) is 0 Å². The topological polar surface area (TPSA) is 95.1 Å². The molecule has 1 fully saturated rings. The Kier molecular flexibility index (Phi) is 3.83. The van der Waals surface area contributed by atoms with E-state index in [1.807, 2.05) is 13.8 Å². The lowest BCUT2D eigenvalue weighted by Crippen LogP contribution is -2.47. The van der Waals surface area contributed by atoms with Gasteiger partial charge >= 0.3 is 5.97 Å². The van der Waals surface area contributed by atoms with Gasteiger partial charge in [-0.15, -0.1) is 0 Å². The molecule has 6 heteroatoms. The first-order chi connectivity index (χ1) is 9.34. The molecular formula is C14H21N3O3. The monoisotopic (exact) mass is 279 g/mol. The molecular weight excluding hydrogens is 258 g/mol. The average molecular weight is 279 g/mol. The van der Waals surface area contributed by atoms with Gasteiger partial charge in [0.1, 0.15) is 0 Å². The summed E-state index contributed by atoms with van der Waals surface area (Å²) in [6.45, 7) is 5.43. The number of aromatic nitrogens is 2. The van der Waals surface area contributed by atoms with Crippen LogP contribution in [0.4, 0.5) is 0 Å². The summed E-state index contributed by atoms with van der Waals surface area (Å²) in [6.07, 6.45) is 2.40. The lowest BCUT2D eigenvalue weighted by atomic mass is 9.85. The number of carboxylic acids is 1. The van der Waals surface area contributed by atoms with E-state index in [1.54, 1.807) is 6.92 Å². The van der Waals surface area contributed by atoms with Crippen LogP contribution < -0.4 is 5.32 Å². The first kappa shape index (κ1) is 14.6. The number of nitrogens with zero attached hydrogens (tertiary/aromatic N) is 1. The Morgan fingerprint density at radius 3 is 2.75 bits per heavy atom. The van der Waals surface area contributed by atoms with Gasteiger partial charge in [-0.2, -0.15) is 5.10 Å². The van der Waals surface area contributed by atoms with Gasteiger partial charge in [-0.05, 0) is 33.6 Å². The average Bonchev–Trinajstić information content (AvgIpc) is 2.88. The smallest absolute Gasteiger partial charge is 0.311 e. The predicted molar refractivity (Wildman–Crippen MR) is 73.3 cm³/mol. The molecule has 0 radical (unpaired) electrons. The first-order valence-corrected chi connectivity index (χ1v) is 6.88. The van der Waals surface area contributed by atoms with Crippen LogP contribution >= 0.6 is 0 Å². The van der Waals surface area contributed by atoms with E-state index in [4.69, 9.17) is 0 Å². The maximum absolute atomic E-state index is 12.1. The third-order valence-electron chi connectivity index (χ3n) is 4.40. The second kappa shape index (κ2) is 5.26. The first-order valence-electron chi connectivity index (χ1n) is 6.88. The highest BCUT2D eigenvalue weighted by atomic mass is 16.4. The van der Waals surface area contributed by atoms with Gasteiger partial charge < -0.3 is 10.4 Å². The number of nitrogens with one attached hydrogen (secondary N) is 2. The summed E-state index contributed by atoms with van der Waals surface area (Å²) in [5.41, 5.74) is 1.73. The number of amides is 1. The highest BCUT2D eigenvalue weighted by Crippen LogP contribution is 2.38. The molecule has 1 saturated carbocycles. The van der Waals surface area contributed by atoms with Crippen molar-refractivity contribution in [3.63, 3.8) is 0 Å². The summed E-state index contributed by atoms with van der Waals surface area (Å²) < 4.78 is 0. The van der Waals surface area contributed by atoms with Gasteiger partial charge in [0.05, 0.1) is 17.5 Å². The van der Waals surface area contributed by atoms with Gasteiger partial charge in [0.25, 0.3) is 0 Å². The van der Waals surface area contributed by atoms with Crippen molar-refractivity contribution in [1.82, 2.24) is 15.5 Å². The number of H-pyrrole nitrogens is 1. The van der Waals surface area contributed by atoms with Crippen LogP contribution in [-0.4, -0.2) is 33.2 Å². The molecule has 0 bridgehead atoms. The minimum absolute atomic E-state index is 0.142. The Morgan fingerprint density at radius 1 is 1.50 bits per heavy atom. The molecule has 110 valence electrons. The molecule has 6 nitrogen and oxygen atoms in total. The predicted octanol–water partition coefficient (Wildman–Crippen LogP) is 1.33. The zero-order chi connectivity index (χ0) is 14.9. The molecule has 1 aliphatic rings. The Balaban J connectivity index is 2.03. The molecule has 2 unspecified atom stereocenters. The van der Waals surface area contributed by atoms with E-state index in [2.05, 4.69) is 15.5 Å². The summed E-state index contributed by atoms with van der Waals surface area (Å²) in [5.74, 6) is -0.979. The molecule has 2 rings (SSSR count). The minimum atomic E-state index is -0.851. The highest BCUT2D eigenvalue weighted by molar-refractivity contribution is 5.82.